The lowest BCUT2D eigenvalue weighted by Gasteiger charge is -2.31. The Hall–Kier alpha value is -3.03. The maximum atomic E-state index is 12.2. The number of nitrogen functional groups attached to an aromatic ring is 1. The van der Waals surface area contributed by atoms with Gasteiger partial charge in [-0.3, -0.25) is 9.36 Å². The third-order valence-corrected chi connectivity index (χ3v) is 7.29. The third kappa shape index (κ3) is 6.59. The summed E-state index contributed by atoms with van der Waals surface area (Å²) in [5.74, 6) is 0.785. The van der Waals surface area contributed by atoms with E-state index in [0.717, 1.165) is 51.6 Å². The van der Waals surface area contributed by atoms with E-state index >= 15 is 0 Å². The van der Waals surface area contributed by atoms with E-state index in [1.807, 2.05) is 13.8 Å². The smallest absolute Gasteiger partial charge is 0.410 e. The number of nitrogens with one attached hydrogen (secondary N) is 1. The number of aromatic nitrogens is 4. The van der Waals surface area contributed by atoms with Crippen molar-refractivity contribution in [1.82, 2.24) is 29.7 Å². The van der Waals surface area contributed by atoms with Crippen LogP contribution in [0.5, 0.6) is 0 Å². The van der Waals surface area contributed by atoms with E-state index in [1.54, 1.807) is 11.8 Å². The number of likely N-dealkylation sites (tertiary alicyclic amines) is 1. The normalized spacial score (nSPS) is 25.3. The molecule has 13 nitrogen and oxygen atoms in total. The van der Waals surface area contributed by atoms with Crippen LogP contribution in [0.3, 0.4) is 0 Å². The number of aliphatic hydroxyl groups is 2. The first kappa shape index (κ1) is 29.0. The summed E-state index contributed by atoms with van der Waals surface area (Å²) in [4.78, 5) is 39.4. The fourth-order valence-electron chi connectivity index (χ4n) is 5.02. The molecule has 13 heteroatoms. The number of ether oxygens (including phenoxy) is 2. The Bertz CT molecular complexity index is 1130. The summed E-state index contributed by atoms with van der Waals surface area (Å²) in [7, 11) is 0. The summed E-state index contributed by atoms with van der Waals surface area (Å²) in [6.07, 6.45) is 2.65. The number of carbonyl (C=O) groups excluding carboxylic acids is 2. The molecule has 2 amide bonds. The number of rotatable bonds is 8. The van der Waals surface area contributed by atoms with Crippen molar-refractivity contribution in [1.29, 1.82) is 0 Å². The Labute approximate surface area is 228 Å². The summed E-state index contributed by atoms with van der Waals surface area (Å²) in [6, 6.07) is 0. The topological polar surface area (TPSA) is 178 Å². The molecular formula is C26H41N7O6. The van der Waals surface area contributed by atoms with E-state index in [1.165, 1.54) is 10.9 Å². The molecule has 1 unspecified atom stereocenters. The number of hydrogen-bond acceptors (Lipinski definition) is 10. The molecule has 1 saturated carbocycles. The Morgan fingerprint density at radius 1 is 1.15 bits per heavy atom. The zero-order valence-electron chi connectivity index (χ0n) is 23.0. The van der Waals surface area contributed by atoms with Crippen LogP contribution in [0.25, 0.3) is 11.2 Å². The number of amides is 2. The first-order chi connectivity index (χ1) is 18.9. The first-order valence-corrected chi connectivity index (χ1v) is 14.1. The molecule has 4 heterocycles. The summed E-state index contributed by atoms with van der Waals surface area (Å²) < 4.78 is 12.6. The zero-order chi connectivity index (χ0) is 28.1. The third-order valence-electron chi connectivity index (χ3n) is 7.29. The van der Waals surface area contributed by atoms with Gasteiger partial charge in [0.05, 0.1) is 6.33 Å². The Balaban J connectivity index is 0.00000172. The molecule has 0 bridgehead atoms. The molecular weight excluding hydrogens is 506 g/mol. The van der Waals surface area contributed by atoms with Crippen molar-refractivity contribution >= 4 is 29.0 Å². The molecule has 5 N–H and O–H groups in total. The van der Waals surface area contributed by atoms with E-state index in [-0.39, 0.29) is 18.0 Å². The average Bonchev–Trinajstić information content (AvgIpc) is 3.57. The number of nitrogens with two attached hydrogens (primary N) is 1. The SMILES string of the molecule is CC.CCNC(=O)[C@H]1O[C@@H](n2cnc3c(N)nc(CCCC4CCN(C(=O)OC5CC5)CC4)nc32)[C@@H](O)C1O. The maximum Gasteiger partial charge on any atom is 0.410 e. The van der Waals surface area contributed by atoms with Crippen molar-refractivity contribution in [2.45, 2.75) is 96.4 Å². The fraction of sp³-hybridized carbons (Fsp3) is 0.731. The number of fused-ring (bicyclic) bond motifs is 1. The van der Waals surface area contributed by atoms with Gasteiger partial charge in [-0.2, -0.15) is 0 Å². The summed E-state index contributed by atoms with van der Waals surface area (Å²) in [5, 5.41) is 23.6. The number of aliphatic hydroxyl groups excluding tert-OH is 2. The van der Waals surface area contributed by atoms with Crippen molar-refractivity contribution in [2.75, 3.05) is 25.4 Å². The Kier molecular flexibility index (Phi) is 9.57. The van der Waals surface area contributed by atoms with Gasteiger partial charge in [0.25, 0.3) is 5.91 Å². The van der Waals surface area contributed by atoms with Gasteiger partial charge >= 0.3 is 6.09 Å². The van der Waals surface area contributed by atoms with E-state index in [0.29, 0.717) is 35.9 Å². The number of carbonyl (C=O) groups is 2. The van der Waals surface area contributed by atoms with Gasteiger partial charge in [0.15, 0.2) is 23.8 Å². The molecule has 1 aliphatic carbocycles. The van der Waals surface area contributed by atoms with Crippen LogP contribution >= 0.6 is 0 Å². The second kappa shape index (κ2) is 12.9. The molecule has 2 aromatic heterocycles. The zero-order valence-corrected chi connectivity index (χ0v) is 23.0. The highest BCUT2D eigenvalue weighted by Gasteiger charge is 2.47. The number of anilines is 1. The molecule has 2 aromatic rings. The van der Waals surface area contributed by atoms with Gasteiger partial charge in [0.1, 0.15) is 29.7 Å². The van der Waals surface area contributed by atoms with Crippen LogP contribution in [0, 0.1) is 5.92 Å². The number of imidazole rings is 1. The number of aryl methyl sites for hydroxylation is 1. The second-order valence-electron chi connectivity index (χ2n) is 10.1. The number of piperidine rings is 1. The molecule has 0 radical (unpaired) electrons. The van der Waals surface area contributed by atoms with E-state index in [9.17, 15) is 19.8 Å². The lowest BCUT2D eigenvalue weighted by molar-refractivity contribution is -0.137. The summed E-state index contributed by atoms with van der Waals surface area (Å²) in [5.41, 5.74) is 6.88. The van der Waals surface area contributed by atoms with Crippen LogP contribution in [0.1, 0.15) is 71.3 Å². The van der Waals surface area contributed by atoms with Gasteiger partial charge in [-0.05, 0) is 51.4 Å². The van der Waals surface area contributed by atoms with Gasteiger partial charge < -0.3 is 35.6 Å². The van der Waals surface area contributed by atoms with Crippen LogP contribution in [-0.4, -0.2) is 90.7 Å². The monoisotopic (exact) mass is 547 g/mol. The van der Waals surface area contributed by atoms with Crippen LogP contribution in [0.15, 0.2) is 6.33 Å². The molecule has 2 aliphatic heterocycles. The van der Waals surface area contributed by atoms with Crippen molar-refractivity contribution in [3.05, 3.63) is 12.2 Å². The van der Waals surface area contributed by atoms with Gasteiger partial charge in [-0.15, -0.1) is 0 Å². The predicted molar refractivity (Wildman–Crippen MR) is 142 cm³/mol. The lowest BCUT2D eigenvalue weighted by atomic mass is 9.91. The average molecular weight is 548 g/mol. The van der Waals surface area contributed by atoms with Gasteiger partial charge in [0, 0.05) is 26.1 Å². The number of nitrogens with zero attached hydrogens (tertiary/aromatic N) is 5. The lowest BCUT2D eigenvalue weighted by Crippen LogP contribution is -2.42. The van der Waals surface area contributed by atoms with E-state index < -0.39 is 30.4 Å². The quantitative estimate of drug-likeness (QED) is 0.379. The molecule has 0 spiro atoms. The molecule has 216 valence electrons. The largest absolute Gasteiger partial charge is 0.446 e. The molecule has 0 aromatic carbocycles. The second-order valence-corrected chi connectivity index (χ2v) is 10.1. The summed E-state index contributed by atoms with van der Waals surface area (Å²) >= 11 is 0. The fourth-order valence-corrected chi connectivity index (χ4v) is 5.02. The van der Waals surface area contributed by atoms with Crippen LogP contribution in [0.2, 0.25) is 0 Å². The molecule has 39 heavy (non-hydrogen) atoms. The highest BCUT2D eigenvalue weighted by atomic mass is 16.6. The molecule has 2 saturated heterocycles. The van der Waals surface area contributed by atoms with Crippen molar-refractivity contribution in [3.8, 4) is 0 Å². The Morgan fingerprint density at radius 3 is 2.54 bits per heavy atom. The van der Waals surface area contributed by atoms with Crippen LogP contribution in [0.4, 0.5) is 10.6 Å². The minimum atomic E-state index is -1.39. The number of likely N-dealkylation sites (N-methyl/N-ethyl adjacent to an activating group) is 1. The van der Waals surface area contributed by atoms with Gasteiger partial charge in [-0.25, -0.2) is 19.7 Å². The van der Waals surface area contributed by atoms with Crippen LogP contribution < -0.4 is 11.1 Å². The minimum Gasteiger partial charge on any atom is -0.446 e. The highest BCUT2D eigenvalue weighted by Crippen LogP contribution is 2.33. The molecule has 5 rings (SSSR count). The van der Waals surface area contributed by atoms with Crippen molar-refractivity contribution < 1.29 is 29.3 Å². The summed E-state index contributed by atoms with van der Waals surface area (Å²) in [6.45, 7) is 7.57. The minimum absolute atomic E-state index is 0.127. The van der Waals surface area contributed by atoms with E-state index in [2.05, 4.69) is 20.3 Å². The molecule has 4 atom stereocenters. The van der Waals surface area contributed by atoms with Crippen LogP contribution in [-0.2, 0) is 20.7 Å². The van der Waals surface area contributed by atoms with E-state index in [4.69, 9.17) is 15.2 Å². The highest BCUT2D eigenvalue weighted by molar-refractivity contribution is 5.83. The standard InChI is InChI=1S/C24H35N7O6.C2H6/c1-2-26-22(34)19-17(32)18(33)23(37-19)31-12-27-16-20(25)28-15(29-21(16)31)5-3-4-13-8-10-30(11-9-13)24(35)36-14-6-7-14;1-2/h12-14,17-19,23,32-33H,2-11H2,1H3,(H,26,34)(H2,25,28,29);1-2H3/t17?,18-,19-,23+;/m0./s1. The Morgan fingerprint density at radius 2 is 1.87 bits per heavy atom. The molecule has 3 fully saturated rings. The first-order valence-electron chi connectivity index (χ1n) is 14.1. The number of hydrogen-bond donors (Lipinski definition) is 4. The van der Waals surface area contributed by atoms with Crippen molar-refractivity contribution in [3.63, 3.8) is 0 Å². The van der Waals surface area contributed by atoms with Gasteiger partial charge in [0.2, 0.25) is 0 Å². The van der Waals surface area contributed by atoms with Crippen molar-refractivity contribution in [2.24, 2.45) is 5.92 Å². The maximum absolute atomic E-state index is 12.2. The molecule has 3 aliphatic rings. The predicted octanol–water partition coefficient (Wildman–Crippen LogP) is 1.52. The van der Waals surface area contributed by atoms with Gasteiger partial charge in [-0.1, -0.05) is 13.8 Å².